The number of ether oxygens (including phenoxy) is 2. The number of amides is 1. The van der Waals surface area contributed by atoms with Gasteiger partial charge < -0.3 is 19.4 Å². The van der Waals surface area contributed by atoms with Crippen molar-refractivity contribution in [2.75, 3.05) is 26.8 Å². The van der Waals surface area contributed by atoms with E-state index in [0.717, 1.165) is 11.3 Å². The zero-order chi connectivity index (χ0) is 18.7. The lowest BCUT2D eigenvalue weighted by atomic mass is 10.0. The molecular weight excluding hydrogens is 334 g/mol. The fraction of sp³-hybridized carbons (Fsp3) is 0.421. The molecule has 0 bridgehead atoms. The zero-order valence-electron chi connectivity index (χ0n) is 15.2. The lowest BCUT2D eigenvalue weighted by molar-refractivity contribution is -0.0343. The van der Waals surface area contributed by atoms with Crippen molar-refractivity contribution in [3.05, 3.63) is 57.8 Å². The molecule has 7 heteroatoms. The van der Waals surface area contributed by atoms with Gasteiger partial charge in [0, 0.05) is 19.3 Å². The highest BCUT2D eigenvalue weighted by molar-refractivity contribution is 5.92. The van der Waals surface area contributed by atoms with Crippen molar-refractivity contribution in [3.63, 3.8) is 0 Å². The molecule has 138 valence electrons. The van der Waals surface area contributed by atoms with Crippen LogP contribution >= 0.6 is 0 Å². The van der Waals surface area contributed by atoms with Crippen molar-refractivity contribution in [3.8, 4) is 5.75 Å². The number of aromatic nitrogens is 2. The molecule has 3 rings (SSSR count). The van der Waals surface area contributed by atoms with Crippen LogP contribution in [0, 0.1) is 13.8 Å². The Bertz CT molecular complexity index is 864. The third kappa shape index (κ3) is 3.94. The molecule has 26 heavy (non-hydrogen) atoms. The summed E-state index contributed by atoms with van der Waals surface area (Å²) in [5.74, 6) is 0.506. The second-order valence-electron chi connectivity index (χ2n) is 6.72. The SMILES string of the molecule is CO[C@@]1(COc2cccc(C)c2)CCN(C(=O)c2cc(C)[nH]c(=O)n2)C1. The van der Waals surface area contributed by atoms with Gasteiger partial charge in [0.2, 0.25) is 0 Å². The summed E-state index contributed by atoms with van der Waals surface area (Å²) in [6, 6.07) is 9.39. The van der Waals surface area contributed by atoms with Crippen molar-refractivity contribution < 1.29 is 14.3 Å². The molecule has 2 heterocycles. The predicted molar refractivity (Wildman–Crippen MR) is 96.5 cm³/mol. The van der Waals surface area contributed by atoms with Gasteiger partial charge in [0.05, 0.1) is 6.54 Å². The Balaban J connectivity index is 1.70. The number of aryl methyl sites for hydroxylation is 2. The lowest BCUT2D eigenvalue weighted by Gasteiger charge is -2.27. The molecule has 2 aromatic rings. The summed E-state index contributed by atoms with van der Waals surface area (Å²) in [4.78, 5) is 32.2. The molecule has 7 nitrogen and oxygen atoms in total. The van der Waals surface area contributed by atoms with Crippen LogP contribution in [0.4, 0.5) is 0 Å². The van der Waals surface area contributed by atoms with Gasteiger partial charge in [0.25, 0.3) is 5.91 Å². The molecule has 0 aliphatic carbocycles. The number of H-pyrrole nitrogens is 1. The number of nitrogens with zero attached hydrogens (tertiary/aromatic N) is 2. The Hall–Kier alpha value is -2.67. The Labute approximate surface area is 152 Å². The van der Waals surface area contributed by atoms with Crippen LogP contribution in [0.15, 0.2) is 35.1 Å². The first-order chi connectivity index (χ1) is 12.4. The van der Waals surface area contributed by atoms with E-state index in [0.29, 0.717) is 31.8 Å². The van der Waals surface area contributed by atoms with Crippen molar-refractivity contribution in [1.82, 2.24) is 14.9 Å². The molecule has 1 saturated heterocycles. The molecule has 1 aliphatic heterocycles. The number of carbonyl (C=O) groups excluding carboxylic acids is 1. The highest BCUT2D eigenvalue weighted by Gasteiger charge is 2.41. The maximum atomic E-state index is 12.7. The maximum absolute atomic E-state index is 12.7. The van der Waals surface area contributed by atoms with Crippen molar-refractivity contribution in [1.29, 1.82) is 0 Å². The first-order valence-electron chi connectivity index (χ1n) is 8.53. The molecule has 1 aliphatic rings. The second-order valence-corrected chi connectivity index (χ2v) is 6.72. The molecule has 0 spiro atoms. The Morgan fingerprint density at radius 2 is 2.15 bits per heavy atom. The minimum absolute atomic E-state index is 0.151. The van der Waals surface area contributed by atoms with Gasteiger partial charge in [0.1, 0.15) is 23.7 Å². The zero-order valence-corrected chi connectivity index (χ0v) is 15.2. The standard InChI is InChI=1S/C19H23N3O4/c1-13-5-4-6-15(9-13)26-12-19(25-3)7-8-22(11-19)17(23)16-10-14(2)20-18(24)21-16/h4-6,9-10H,7-8,11-12H2,1-3H3,(H,20,21,24)/t19-/m0/s1. The van der Waals surface area contributed by atoms with E-state index >= 15 is 0 Å². The highest BCUT2D eigenvalue weighted by atomic mass is 16.5. The van der Waals surface area contributed by atoms with E-state index < -0.39 is 11.3 Å². The van der Waals surface area contributed by atoms with Crippen LogP contribution in [0.1, 0.15) is 28.2 Å². The molecule has 1 aromatic carbocycles. The maximum Gasteiger partial charge on any atom is 0.345 e. The number of nitrogens with one attached hydrogen (secondary N) is 1. The Kier molecular flexibility index (Phi) is 5.08. The number of likely N-dealkylation sites (tertiary alicyclic amines) is 1. The molecule has 1 N–H and O–H groups in total. The van der Waals surface area contributed by atoms with Crippen LogP contribution in [0.25, 0.3) is 0 Å². The molecule has 1 atom stereocenters. The third-order valence-electron chi connectivity index (χ3n) is 4.63. The number of methoxy groups -OCH3 is 1. The van der Waals surface area contributed by atoms with Gasteiger partial charge in [-0.1, -0.05) is 12.1 Å². The molecule has 0 saturated carbocycles. The number of hydrogen-bond acceptors (Lipinski definition) is 5. The molecule has 1 amide bonds. The van der Waals surface area contributed by atoms with Crippen LogP contribution in [0.5, 0.6) is 5.75 Å². The van der Waals surface area contributed by atoms with Crippen LogP contribution in [-0.4, -0.2) is 53.2 Å². The van der Waals surface area contributed by atoms with Crippen molar-refractivity contribution in [2.24, 2.45) is 0 Å². The van der Waals surface area contributed by atoms with Gasteiger partial charge in [-0.25, -0.2) is 4.79 Å². The van der Waals surface area contributed by atoms with E-state index in [1.165, 1.54) is 0 Å². The quantitative estimate of drug-likeness (QED) is 0.880. The monoisotopic (exact) mass is 357 g/mol. The average Bonchev–Trinajstić information content (AvgIpc) is 3.04. The molecular formula is C19H23N3O4. The van der Waals surface area contributed by atoms with Crippen molar-refractivity contribution >= 4 is 5.91 Å². The molecule has 0 radical (unpaired) electrons. The molecule has 1 fully saturated rings. The summed E-state index contributed by atoms with van der Waals surface area (Å²) in [6.07, 6.45) is 0.656. The summed E-state index contributed by atoms with van der Waals surface area (Å²) in [6.45, 7) is 4.99. The largest absolute Gasteiger partial charge is 0.491 e. The van der Waals surface area contributed by atoms with Gasteiger partial charge >= 0.3 is 5.69 Å². The van der Waals surface area contributed by atoms with Gasteiger partial charge in [-0.2, -0.15) is 4.98 Å². The van der Waals surface area contributed by atoms with E-state index in [-0.39, 0.29) is 11.6 Å². The fourth-order valence-electron chi connectivity index (χ4n) is 3.13. The summed E-state index contributed by atoms with van der Waals surface area (Å²) in [5.41, 5.74) is 0.780. The number of carbonyl (C=O) groups is 1. The minimum atomic E-state index is -0.574. The molecule has 1 aromatic heterocycles. The van der Waals surface area contributed by atoms with E-state index in [1.54, 1.807) is 25.0 Å². The number of hydrogen-bond donors (Lipinski definition) is 1. The van der Waals surface area contributed by atoms with Gasteiger partial charge in [-0.05, 0) is 44.0 Å². The highest BCUT2D eigenvalue weighted by Crippen LogP contribution is 2.27. The predicted octanol–water partition coefficient (Wildman–Crippen LogP) is 1.70. The Morgan fingerprint density at radius 3 is 2.85 bits per heavy atom. The van der Waals surface area contributed by atoms with Crippen LogP contribution < -0.4 is 10.4 Å². The third-order valence-corrected chi connectivity index (χ3v) is 4.63. The first-order valence-corrected chi connectivity index (χ1v) is 8.53. The summed E-state index contributed by atoms with van der Waals surface area (Å²) < 4.78 is 11.6. The summed E-state index contributed by atoms with van der Waals surface area (Å²) >= 11 is 0. The van der Waals surface area contributed by atoms with E-state index in [1.807, 2.05) is 31.2 Å². The van der Waals surface area contributed by atoms with Crippen LogP contribution in [-0.2, 0) is 4.74 Å². The number of rotatable bonds is 5. The Morgan fingerprint density at radius 1 is 1.35 bits per heavy atom. The van der Waals surface area contributed by atoms with E-state index in [4.69, 9.17) is 9.47 Å². The average molecular weight is 357 g/mol. The second kappa shape index (κ2) is 7.29. The topological polar surface area (TPSA) is 84.5 Å². The van der Waals surface area contributed by atoms with E-state index in [9.17, 15) is 9.59 Å². The van der Waals surface area contributed by atoms with Gasteiger partial charge in [-0.15, -0.1) is 0 Å². The van der Waals surface area contributed by atoms with Crippen LogP contribution in [0.2, 0.25) is 0 Å². The fourth-order valence-corrected chi connectivity index (χ4v) is 3.13. The minimum Gasteiger partial charge on any atom is -0.491 e. The van der Waals surface area contributed by atoms with Gasteiger partial charge in [-0.3, -0.25) is 4.79 Å². The van der Waals surface area contributed by atoms with Gasteiger partial charge in [0.15, 0.2) is 0 Å². The van der Waals surface area contributed by atoms with Crippen molar-refractivity contribution in [2.45, 2.75) is 25.9 Å². The lowest BCUT2D eigenvalue weighted by Crippen LogP contribution is -2.42. The smallest absolute Gasteiger partial charge is 0.345 e. The number of aromatic amines is 1. The molecule has 0 unspecified atom stereocenters. The van der Waals surface area contributed by atoms with E-state index in [2.05, 4.69) is 9.97 Å². The first kappa shape index (κ1) is 18.1. The number of benzene rings is 1. The van der Waals surface area contributed by atoms with Crippen LogP contribution in [0.3, 0.4) is 0 Å². The summed E-state index contributed by atoms with van der Waals surface area (Å²) in [5, 5.41) is 0. The normalized spacial score (nSPS) is 19.6. The summed E-state index contributed by atoms with van der Waals surface area (Å²) in [7, 11) is 1.63.